The third kappa shape index (κ3) is 5.16. The van der Waals surface area contributed by atoms with E-state index < -0.39 is 11.6 Å². The molecule has 0 radical (unpaired) electrons. The van der Waals surface area contributed by atoms with Crippen LogP contribution in [-0.4, -0.2) is 30.6 Å². The molecule has 2 aromatic carbocycles. The van der Waals surface area contributed by atoms with Gasteiger partial charge in [0.1, 0.15) is 12.4 Å². The van der Waals surface area contributed by atoms with Gasteiger partial charge in [0, 0.05) is 24.2 Å². The van der Waals surface area contributed by atoms with Crippen molar-refractivity contribution in [1.82, 2.24) is 15.6 Å². The van der Waals surface area contributed by atoms with E-state index in [1.165, 1.54) is 6.07 Å². The number of hydrogen-bond acceptors (Lipinski definition) is 3. The smallest absolute Gasteiger partial charge is 0.191 e. The number of aliphatic imine (C=N–C) groups is 1. The first-order chi connectivity index (χ1) is 13.7. The monoisotopic (exact) mass is 384 g/mol. The molecule has 1 heterocycles. The molecule has 0 saturated carbocycles. The zero-order valence-corrected chi connectivity index (χ0v) is 15.6. The first-order valence-electron chi connectivity index (χ1n) is 9.10. The maximum Gasteiger partial charge on any atom is 0.191 e. The number of guanidine groups is 1. The molecule has 28 heavy (non-hydrogen) atoms. The van der Waals surface area contributed by atoms with Crippen molar-refractivity contribution < 1.29 is 13.5 Å². The van der Waals surface area contributed by atoms with E-state index in [1.807, 2.05) is 37.3 Å². The predicted molar refractivity (Wildman–Crippen MR) is 106 cm³/mol. The quantitative estimate of drug-likeness (QED) is 0.371. The predicted octanol–water partition coefficient (Wildman–Crippen LogP) is 3.65. The Hall–Kier alpha value is -3.22. The van der Waals surface area contributed by atoms with Gasteiger partial charge in [-0.2, -0.15) is 0 Å². The van der Waals surface area contributed by atoms with Crippen LogP contribution in [0.2, 0.25) is 0 Å². The van der Waals surface area contributed by atoms with Gasteiger partial charge < -0.3 is 15.4 Å². The summed E-state index contributed by atoms with van der Waals surface area (Å²) in [4.78, 5) is 8.97. The maximum absolute atomic E-state index is 13.2. The first-order valence-corrected chi connectivity index (χ1v) is 9.10. The Morgan fingerprint density at radius 3 is 2.75 bits per heavy atom. The van der Waals surface area contributed by atoms with Crippen molar-refractivity contribution >= 4 is 16.9 Å². The Morgan fingerprint density at radius 2 is 1.93 bits per heavy atom. The Bertz CT molecular complexity index is 957. The second-order valence-corrected chi connectivity index (χ2v) is 6.03. The summed E-state index contributed by atoms with van der Waals surface area (Å²) in [6.45, 7) is 3.95. The molecule has 3 aromatic rings. The lowest BCUT2D eigenvalue weighted by atomic mass is 10.1. The molecule has 0 aliphatic heterocycles. The third-order valence-electron chi connectivity index (χ3n) is 4.05. The minimum absolute atomic E-state index is 0.283. The van der Waals surface area contributed by atoms with Gasteiger partial charge in [-0.05, 0) is 36.8 Å². The summed E-state index contributed by atoms with van der Waals surface area (Å²) in [7, 11) is 0. The molecule has 7 heteroatoms. The average Bonchev–Trinajstić information content (AvgIpc) is 2.71. The number of nitrogens with zero attached hydrogens (tertiary/aromatic N) is 2. The average molecular weight is 384 g/mol. The number of ether oxygens (including phenoxy) is 1. The van der Waals surface area contributed by atoms with E-state index in [0.717, 1.165) is 28.6 Å². The maximum atomic E-state index is 13.2. The minimum atomic E-state index is -0.926. The van der Waals surface area contributed by atoms with Gasteiger partial charge in [-0.1, -0.05) is 18.2 Å². The zero-order valence-electron chi connectivity index (χ0n) is 15.6. The van der Waals surface area contributed by atoms with Crippen LogP contribution in [0, 0.1) is 11.6 Å². The number of hydrogen-bond donors (Lipinski definition) is 2. The van der Waals surface area contributed by atoms with Crippen LogP contribution < -0.4 is 15.4 Å². The summed E-state index contributed by atoms with van der Waals surface area (Å²) in [5.41, 5.74) is 2.02. The van der Waals surface area contributed by atoms with Crippen LogP contribution >= 0.6 is 0 Å². The van der Waals surface area contributed by atoms with Gasteiger partial charge in [-0.25, -0.2) is 13.8 Å². The molecule has 5 nitrogen and oxygen atoms in total. The first kappa shape index (κ1) is 19.5. The molecule has 1 aromatic heterocycles. The number of nitrogens with one attached hydrogen (secondary N) is 2. The normalized spacial score (nSPS) is 11.5. The highest BCUT2D eigenvalue weighted by atomic mass is 19.2. The van der Waals surface area contributed by atoms with Gasteiger partial charge in [0.25, 0.3) is 0 Å². The molecule has 0 amide bonds. The highest BCUT2D eigenvalue weighted by Gasteiger charge is 2.04. The van der Waals surface area contributed by atoms with Crippen LogP contribution in [0.15, 0.2) is 59.7 Å². The van der Waals surface area contributed by atoms with Crippen molar-refractivity contribution in [2.24, 2.45) is 4.99 Å². The van der Waals surface area contributed by atoms with Gasteiger partial charge in [0.15, 0.2) is 17.6 Å². The SMILES string of the molecule is CCNC(=NCc1ccnc2ccccc12)NCCOc1ccc(F)c(F)c1. The van der Waals surface area contributed by atoms with Crippen molar-refractivity contribution in [3.63, 3.8) is 0 Å². The summed E-state index contributed by atoms with van der Waals surface area (Å²) >= 11 is 0. The standard InChI is InChI=1S/C21H22F2N4O/c1-2-24-21(26-11-12-28-16-7-8-18(22)19(23)13-16)27-14-15-9-10-25-20-6-4-3-5-17(15)20/h3-10,13H,2,11-12,14H2,1H3,(H2,24,26,27). The van der Waals surface area contributed by atoms with E-state index in [9.17, 15) is 8.78 Å². The summed E-state index contributed by atoms with van der Waals surface area (Å²) < 4.78 is 31.5. The van der Waals surface area contributed by atoms with Crippen molar-refractivity contribution in [1.29, 1.82) is 0 Å². The molecular formula is C21H22F2N4O. The summed E-state index contributed by atoms with van der Waals surface area (Å²) in [5, 5.41) is 7.42. The molecule has 146 valence electrons. The molecule has 0 saturated heterocycles. The van der Waals surface area contributed by atoms with Crippen molar-refractivity contribution in [2.75, 3.05) is 19.7 Å². The van der Waals surface area contributed by atoms with E-state index in [-0.39, 0.29) is 12.4 Å². The van der Waals surface area contributed by atoms with Gasteiger partial charge >= 0.3 is 0 Å². The van der Waals surface area contributed by atoms with E-state index in [4.69, 9.17) is 4.74 Å². The van der Waals surface area contributed by atoms with Gasteiger partial charge in [0.05, 0.1) is 18.6 Å². The van der Waals surface area contributed by atoms with Crippen LogP contribution in [0.4, 0.5) is 8.78 Å². The number of rotatable bonds is 7. The fourth-order valence-corrected chi connectivity index (χ4v) is 2.70. The molecule has 0 atom stereocenters. The lowest BCUT2D eigenvalue weighted by molar-refractivity contribution is 0.318. The highest BCUT2D eigenvalue weighted by molar-refractivity contribution is 5.83. The van der Waals surface area contributed by atoms with E-state index in [2.05, 4.69) is 20.6 Å². The number of para-hydroxylation sites is 1. The molecule has 0 spiro atoms. The zero-order chi connectivity index (χ0) is 19.8. The molecule has 0 unspecified atom stereocenters. The number of fused-ring (bicyclic) bond motifs is 1. The third-order valence-corrected chi connectivity index (χ3v) is 4.05. The van der Waals surface area contributed by atoms with Crippen LogP contribution in [0.3, 0.4) is 0 Å². The summed E-state index contributed by atoms with van der Waals surface area (Å²) in [6.07, 6.45) is 1.78. The van der Waals surface area contributed by atoms with E-state index in [1.54, 1.807) is 6.20 Å². The molecule has 0 fully saturated rings. The van der Waals surface area contributed by atoms with Crippen molar-refractivity contribution in [2.45, 2.75) is 13.5 Å². The minimum Gasteiger partial charge on any atom is -0.492 e. The van der Waals surface area contributed by atoms with Crippen LogP contribution in [-0.2, 0) is 6.54 Å². The number of benzene rings is 2. The fraction of sp³-hybridized carbons (Fsp3) is 0.238. The number of pyridine rings is 1. The molecule has 2 N–H and O–H groups in total. The lowest BCUT2D eigenvalue weighted by Gasteiger charge is -2.12. The number of halogens is 2. The second-order valence-electron chi connectivity index (χ2n) is 6.03. The number of aromatic nitrogens is 1. The molecule has 0 aliphatic carbocycles. The molecular weight excluding hydrogens is 362 g/mol. The highest BCUT2D eigenvalue weighted by Crippen LogP contribution is 2.17. The lowest BCUT2D eigenvalue weighted by Crippen LogP contribution is -2.39. The van der Waals surface area contributed by atoms with Crippen LogP contribution in [0.1, 0.15) is 12.5 Å². The van der Waals surface area contributed by atoms with Crippen LogP contribution in [0.25, 0.3) is 10.9 Å². The summed E-state index contributed by atoms with van der Waals surface area (Å²) in [6, 6.07) is 13.4. The van der Waals surface area contributed by atoms with Crippen LogP contribution in [0.5, 0.6) is 5.75 Å². The van der Waals surface area contributed by atoms with E-state index in [0.29, 0.717) is 25.6 Å². The Balaban J connectivity index is 1.57. The second kappa shape index (κ2) is 9.64. The van der Waals surface area contributed by atoms with Crippen molar-refractivity contribution in [3.05, 3.63) is 71.9 Å². The van der Waals surface area contributed by atoms with Gasteiger partial charge in [-0.3, -0.25) is 4.98 Å². The molecule has 0 bridgehead atoms. The van der Waals surface area contributed by atoms with Gasteiger partial charge in [-0.15, -0.1) is 0 Å². The fourth-order valence-electron chi connectivity index (χ4n) is 2.70. The van der Waals surface area contributed by atoms with Gasteiger partial charge in [0.2, 0.25) is 0 Å². The topological polar surface area (TPSA) is 58.5 Å². The Kier molecular flexibility index (Phi) is 6.73. The Morgan fingerprint density at radius 1 is 1.07 bits per heavy atom. The molecule has 3 rings (SSSR count). The Labute approximate surface area is 162 Å². The van der Waals surface area contributed by atoms with Crippen molar-refractivity contribution in [3.8, 4) is 5.75 Å². The largest absolute Gasteiger partial charge is 0.492 e. The van der Waals surface area contributed by atoms with E-state index >= 15 is 0 Å². The summed E-state index contributed by atoms with van der Waals surface area (Å²) in [5.74, 6) is -0.885. The molecule has 0 aliphatic rings.